The molecule has 0 saturated carbocycles. The minimum Gasteiger partial charge on any atom is -0.461 e. The van der Waals surface area contributed by atoms with Crippen LogP contribution in [-0.4, -0.2) is 80.6 Å². The molecule has 3 saturated heterocycles. The van der Waals surface area contributed by atoms with Crippen LogP contribution in [0.25, 0.3) is 0 Å². The topological polar surface area (TPSA) is 87.2 Å². The number of hydrogen-bond donors (Lipinski definition) is 1. The molecular weight excluding hydrogens is 488 g/mol. The van der Waals surface area contributed by atoms with E-state index in [2.05, 4.69) is 47.8 Å². The van der Waals surface area contributed by atoms with Crippen LogP contribution in [-0.2, 0) is 19.1 Å². The summed E-state index contributed by atoms with van der Waals surface area (Å²) in [5.41, 5.74) is -0.451. The third-order valence-corrected chi connectivity index (χ3v) is 9.93. The lowest BCUT2D eigenvalue weighted by atomic mass is 9.71. The van der Waals surface area contributed by atoms with Crippen LogP contribution in [0, 0.1) is 17.3 Å². The largest absolute Gasteiger partial charge is 0.461 e. The van der Waals surface area contributed by atoms with E-state index in [1.807, 2.05) is 4.90 Å². The maximum absolute atomic E-state index is 14.6. The van der Waals surface area contributed by atoms with E-state index in [0.29, 0.717) is 25.9 Å². The third-order valence-electron chi connectivity index (χ3n) is 7.98. The van der Waals surface area contributed by atoms with Gasteiger partial charge in [0, 0.05) is 30.5 Å². The molecule has 8 heteroatoms. The van der Waals surface area contributed by atoms with Gasteiger partial charge < -0.3 is 19.6 Å². The van der Waals surface area contributed by atoms with Crippen molar-refractivity contribution < 1.29 is 24.2 Å². The van der Waals surface area contributed by atoms with Crippen molar-refractivity contribution in [3.8, 4) is 0 Å². The summed E-state index contributed by atoms with van der Waals surface area (Å²) in [5.74, 6) is -1.62. The zero-order valence-electron chi connectivity index (χ0n) is 23.3. The number of rotatable bonds is 13. The van der Waals surface area contributed by atoms with Gasteiger partial charge in [-0.05, 0) is 57.8 Å². The average Bonchev–Trinajstić information content (AvgIpc) is 3.44. The van der Waals surface area contributed by atoms with Gasteiger partial charge in [-0.3, -0.25) is 14.4 Å². The fourth-order valence-corrected chi connectivity index (χ4v) is 9.26. The molecule has 3 rings (SSSR count). The number of fused-ring (bicyclic) bond motifs is 1. The normalized spacial score (nSPS) is 28.8. The second-order valence-corrected chi connectivity index (χ2v) is 14.2. The number of thioether (sulfide) groups is 1. The van der Waals surface area contributed by atoms with E-state index in [1.54, 1.807) is 22.7 Å². The van der Waals surface area contributed by atoms with E-state index < -0.39 is 28.2 Å². The Kier molecular flexibility index (Phi) is 9.26. The van der Waals surface area contributed by atoms with Gasteiger partial charge >= 0.3 is 5.97 Å². The maximum atomic E-state index is 14.6. The predicted molar refractivity (Wildman–Crippen MR) is 148 cm³/mol. The van der Waals surface area contributed by atoms with Crippen molar-refractivity contribution in [1.82, 2.24) is 9.80 Å². The molecule has 0 radical (unpaired) electrons. The van der Waals surface area contributed by atoms with Crippen LogP contribution in [0.4, 0.5) is 0 Å². The van der Waals surface area contributed by atoms with Crippen molar-refractivity contribution in [1.29, 1.82) is 0 Å². The molecular formula is C29H46N2O5S. The summed E-state index contributed by atoms with van der Waals surface area (Å²) in [5, 5.41) is 9.21. The second-order valence-electron chi connectivity index (χ2n) is 12.6. The number of amides is 2. The monoisotopic (exact) mass is 534 g/mol. The molecule has 0 aromatic heterocycles. The summed E-state index contributed by atoms with van der Waals surface area (Å²) in [6, 6.07) is -0.634. The first-order chi connectivity index (χ1) is 17.3. The lowest BCUT2D eigenvalue weighted by Crippen LogP contribution is -2.60. The summed E-state index contributed by atoms with van der Waals surface area (Å²) in [7, 11) is 0. The van der Waals surface area contributed by atoms with E-state index >= 15 is 0 Å². The van der Waals surface area contributed by atoms with Crippen LogP contribution in [0.5, 0.6) is 0 Å². The van der Waals surface area contributed by atoms with E-state index in [0.717, 1.165) is 25.7 Å². The molecule has 5 atom stereocenters. The van der Waals surface area contributed by atoms with Crippen molar-refractivity contribution in [2.24, 2.45) is 17.3 Å². The Hall–Kier alpha value is -1.80. The number of hydrogen-bond acceptors (Lipinski definition) is 6. The predicted octanol–water partition coefficient (Wildman–Crippen LogP) is 4.20. The van der Waals surface area contributed by atoms with Gasteiger partial charge in [0.1, 0.15) is 12.6 Å². The molecule has 0 aliphatic carbocycles. The lowest BCUT2D eigenvalue weighted by Gasteiger charge is -2.46. The third kappa shape index (κ3) is 5.80. The minimum atomic E-state index is -0.634. The van der Waals surface area contributed by atoms with Gasteiger partial charge in [0.15, 0.2) is 0 Å². The summed E-state index contributed by atoms with van der Waals surface area (Å²) in [4.78, 5) is 45.4. The van der Waals surface area contributed by atoms with Gasteiger partial charge in [-0.25, -0.2) is 0 Å². The number of nitrogens with zero attached hydrogens (tertiary/aromatic N) is 2. The number of carbonyl (C=O) groups excluding carboxylic acids is 3. The molecule has 0 aromatic rings. The van der Waals surface area contributed by atoms with Gasteiger partial charge in [-0.1, -0.05) is 39.5 Å². The van der Waals surface area contributed by atoms with Gasteiger partial charge in [0.05, 0.1) is 16.6 Å². The van der Waals surface area contributed by atoms with Crippen LogP contribution in [0.3, 0.4) is 0 Å². The van der Waals surface area contributed by atoms with Gasteiger partial charge in [0.2, 0.25) is 11.8 Å². The Labute approximate surface area is 227 Å². The number of likely N-dealkylation sites (tertiary alicyclic amines) is 1. The fraction of sp³-hybridized carbons (Fsp3) is 0.759. The van der Waals surface area contributed by atoms with Crippen molar-refractivity contribution >= 4 is 29.5 Å². The SMILES string of the molecule is C=CCOC(=O)[C@@H]1[C@@H]2CCC3(S2)C(C(=O)N(CC=C)C(C)(C)CC(C)(C)C)N(CCCCCO)C(=O)[C@H]13. The molecule has 0 aromatic carbocycles. The minimum absolute atomic E-state index is 0.0000662. The molecule has 2 unspecified atom stereocenters. The maximum Gasteiger partial charge on any atom is 0.311 e. The van der Waals surface area contributed by atoms with Crippen molar-refractivity contribution in [2.45, 2.75) is 94.7 Å². The molecule has 1 spiro atoms. The molecule has 3 fully saturated rings. The standard InChI is InChI=1S/C29H46N2O5S/c1-8-15-31(28(6,7)19-27(3,4)5)25(34)23-29-14-13-20(37-29)21(26(35)36-18-9-2)22(29)24(33)30(23)16-11-10-12-17-32/h8-9,20-23,32H,1-2,10-19H2,3-7H3/t20-,21+,22-,23?,29?/m0/s1. The summed E-state index contributed by atoms with van der Waals surface area (Å²) < 4.78 is 4.81. The highest BCUT2D eigenvalue weighted by Gasteiger charge is 2.74. The number of aliphatic hydroxyl groups is 1. The van der Waals surface area contributed by atoms with Crippen LogP contribution in [0.15, 0.2) is 25.3 Å². The number of aliphatic hydroxyl groups excluding tert-OH is 1. The van der Waals surface area contributed by atoms with Crippen molar-refractivity contribution in [2.75, 3.05) is 26.3 Å². The Morgan fingerprint density at radius 1 is 1.19 bits per heavy atom. The van der Waals surface area contributed by atoms with E-state index in [1.165, 1.54) is 6.08 Å². The van der Waals surface area contributed by atoms with Crippen molar-refractivity contribution in [3.63, 3.8) is 0 Å². The van der Waals surface area contributed by atoms with Gasteiger partial charge in [0.25, 0.3) is 0 Å². The van der Waals surface area contributed by atoms with Crippen LogP contribution in [0.1, 0.15) is 73.1 Å². The second kappa shape index (κ2) is 11.5. The zero-order valence-corrected chi connectivity index (χ0v) is 24.1. The Morgan fingerprint density at radius 2 is 1.89 bits per heavy atom. The molecule has 3 heterocycles. The molecule has 37 heavy (non-hydrogen) atoms. The lowest BCUT2D eigenvalue weighted by molar-refractivity contribution is -0.153. The first-order valence-electron chi connectivity index (χ1n) is 13.6. The molecule has 1 N–H and O–H groups in total. The number of ether oxygens (including phenoxy) is 1. The quantitative estimate of drug-likeness (QED) is 0.217. The number of unbranched alkanes of at least 4 members (excludes halogenated alkanes) is 2. The molecule has 7 nitrogen and oxygen atoms in total. The van der Waals surface area contributed by atoms with Crippen LogP contribution in [0.2, 0.25) is 0 Å². The zero-order chi connectivity index (χ0) is 27.6. The molecule has 2 amide bonds. The van der Waals surface area contributed by atoms with E-state index in [-0.39, 0.29) is 41.7 Å². The molecule has 2 bridgehead atoms. The Bertz CT molecular complexity index is 897. The highest BCUT2D eigenvalue weighted by Crippen LogP contribution is 2.66. The number of carbonyl (C=O) groups is 3. The fourth-order valence-electron chi connectivity index (χ4n) is 7.05. The first kappa shape index (κ1) is 29.8. The number of esters is 1. The van der Waals surface area contributed by atoms with Gasteiger partial charge in [-0.2, -0.15) is 0 Å². The summed E-state index contributed by atoms with van der Waals surface area (Å²) in [6.07, 6.45) is 7.73. The molecule has 3 aliphatic heterocycles. The van der Waals surface area contributed by atoms with E-state index in [9.17, 15) is 19.5 Å². The smallest absolute Gasteiger partial charge is 0.311 e. The highest BCUT2D eigenvalue weighted by atomic mass is 32.2. The molecule has 3 aliphatic rings. The van der Waals surface area contributed by atoms with Crippen LogP contribution < -0.4 is 0 Å². The molecule has 208 valence electrons. The average molecular weight is 535 g/mol. The Morgan fingerprint density at radius 3 is 2.49 bits per heavy atom. The summed E-state index contributed by atoms with van der Waals surface area (Å²) in [6.45, 7) is 19.3. The Balaban J connectivity index is 2.01. The highest BCUT2D eigenvalue weighted by molar-refractivity contribution is 8.02. The summed E-state index contributed by atoms with van der Waals surface area (Å²) >= 11 is 1.66. The van der Waals surface area contributed by atoms with E-state index in [4.69, 9.17) is 4.74 Å². The van der Waals surface area contributed by atoms with Gasteiger partial charge in [-0.15, -0.1) is 18.3 Å². The van der Waals surface area contributed by atoms with Crippen LogP contribution >= 0.6 is 11.8 Å². The van der Waals surface area contributed by atoms with Crippen molar-refractivity contribution in [3.05, 3.63) is 25.3 Å². The first-order valence-corrected chi connectivity index (χ1v) is 14.5.